The molecule has 77 heavy (non-hydrogen) atoms. The molecule has 0 spiro atoms. The molecular weight excluding hydrogens is 949 g/mol. The standard InChI is InChI=1S/C71H128O6/c1-4-7-10-13-16-19-22-25-26-27-28-29-30-31-32-33-34-35-36-37-38-39-40-41-42-43-44-47-49-52-55-58-61-64-70(73)76-67-68(77-71(74)65-62-59-56-53-50-46-24-21-18-15-12-9-6-3)66-75-69(72)63-60-57-54-51-48-45-23-20-17-14-11-8-5-2/h9,12,18,21-22,25,27-28,46,50,68H,4-8,10-11,13-17,19-20,23-24,26,29-45,47-49,51-67H2,1-3H3/b12-9-,21-18-,25-22-,28-27-,50-46-. The molecule has 6 heteroatoms. The van der Waals surface area contributed by atoms with Crippen molar-refractivity contribution in [1.29, 1.82) is 0 Å². The van der Waals surface area contributed by atoms with Crippen LogP contribution in [-0.2, 0) is 28.6 Å². The Morgan fingerprint density at radius 1 is 0.273 bits per heavy atom. The number of carbonyl (C=O) groups is 3. The quantitative estimate of drug-likeness (QED) is 0.0261. The predicted octanol–water partition coefficient (Wildman–Crippen LogP) is 23.1. The lowest BCUT2D eigenvalue weighted by Gasteiger charge is -2.18. The minimum atomic E-state index is -0.786. The van der Waals surface area contributed by atoms with Crippen LogP contribution in [0.1, 0.15) is 355 Å². The SMILES string of the molecule is CC/C=C\C/C=C\C/C=C\CCCCCC(=O)OC(COC(=O)CCCCCCCCCCCCCCC)COC(=O)CCCCCCCCCCCCCCCCCCCCCCC/C=C\C/C=C\CCCCCCC. The summed E-state index contributed by atoms with van der Waals surface area (Å²) in [6, 6.07) is 0. The van der Waals surface area contributed by atoms with Crippen LogP contribution in [0.15, 0.2) is 60.8 Å². The molecule has 0 amide bonds. The number of hydrogen-bond donors (Lipinski definition) is 0. The van der Waals surface area contributed by atoms with Gasteiger partial charge in [-0.25, -0.2) is 0 Å². The molecule has 0 saturated carbocycles. The van der Waals surface area contributed by atoms with Crippen LogP contribution in [0.2, 0.25) is 0 Å². The number of esters is 3. The monoisotopic (exact) mass is 1080 g/mol. The molecule has 1 atom stereocenters. The summed E-state index contributed by atoms with van der Waals surface area (Å²) >= 11 is 0. The van der Waals surface area contributed by atoms with Crippen LogP contribution in [0, 0.1) is 0 Å². The Morgan fingerprint density at radius 2 is 0.506 bits per heavy atom. The molecule has 0 aromatic carbocycles. The molecule has 0 aliphatic heterocycles. The lowest BCUT2D eigenvalue weighted by Crippen LogP contribution is -2.30. The molecule has 0 aliphatic carbocycles. The van der Waals surface area contributed by atoms with Gasteiger partial charge in [-0.3, -0.25) is 14.4 Å². The number of hydrogen-bond acceptors (Lipinski definition) is 6. The zero-order valence-corrected chi connectivity index (χ0v) is 51.5. The highest BCUT2D eigenvalue weighted by molar-refractivity contribution is 5.71. The fourth-order valence-electron chi connectivity index (χ4n) is 9.96. The van der Waals surface area contributed by atoms with E-state index in [1.165, 1.54) is 225 Å². The van der Waals surface area contributed by atoms with Crippen LogP contribution < -0.4 is 0 Å². The van der Waals surface area contributed by atoms with Gasteiger partial charge < -0.3 is 14.2 Å². The summed E-state index contributed by atoms with van der Waals surface area (Å²) in [5, 5.41) is 0. The van der Waals surface area contributed by atoms with Crippen LogP contribution in [0.5, 0.6) is 0 Å². The van der Waals surface area contributed by atoms with E-state index in [1.54, 1.807) is 0 Å². The first kappa shape index (κ1) is 74.1. The van der Waals surface area contributed by atoms with Crippen molar-refractivity contribution in [2.45, 2.75) is 361 Å². The van der Waals surface area contributed by atoms with E-state index in [0.29, 0.717) is 19.3 Å². The molecular formula is C71H128O6. The molecule has 0 aliphatic rings. The first-order valence-corrected chi connectivity index (χ1v) is 33.8. The van der Waals surface area contributed by atoms with Crippen LogP contribution >= 0.6 is 0 Å². The van der Waals surface area contributed by atoms with Gasteiger partial charge in [0.05, 0.1) is 0 Å². The van der Waals surface area contributed by atoms with Gasteiger partial charge in [-0.15, -0.1) is 0 Å². The average Bonchev–Trinajstić information content (AvgIpc) is 3.43. The lowest BCUT2D eigenvalue weighted by atomic mass is 10.0. The third-order valence-corrected chi connectivity index (χ3v) is 15.0. The molecule has 0 radical (unpaired) electrons. The van der Waals surface area contributed by atoms with E-state index >= 15 is 0 Å². The second-order valence-electron chi connectivity index (χ2n) is 22.7. The van der Waals surface area contributed by atoms with Gasteiger partial charge in [0.1, 0.15) is 13.2 Å². The highest BCUT2D eigenvalue weighted by atomic mass is 16.6. The summed E-state index contributed by atoms with van der Waals surface area (Å²) in [6.45, 7) is 6.53. The minimum Gasteiger partial charge on any atom is -0.462 e. The van der Waals surface area contributed by atoms with E-state index in [0.717, 1.165) is 89.9 Å². The van der Waals surface area contributed by atoms with Crippen molar-refractivity contribution >= 4 is 17.9 Å². The van der Waals surface area contributed by atoms with Crippen LogP contribution in [-0.4, -0.2) is 37.2 Å². The topological polar surface area (TPSA) is 78.9 Å². The minimum absolute atomic E-state index is 0.0813. The summed E-state index contributed by atoms with van der Waals surface area (Å²) in [5.74, 6) is -0.892. The highest BCUT2D eigenvalue weighted by Gasteiger charge is 2.19. The maximum Gasteiger partial charge on any atom is 0.306 e. The summed E-state index contributed by atoms with van der Waals surface area (Å²) in [5.41, 5.74) is 0. The average molecular weight is 1080 g/mol. The maximum atomic E-state index is 12.8. The Hall–Kier alpha value is -2.89. The van der Waals surface area contributed by atoms with Gasteiger partial charge in [-0.05, 0) is 83.5 Å². The fraction of sp³-hybridized carbons (Fsp3) is 0.817. The van der Waals surface area contributed by atoms with E-state index in [-0.39, 0.29) is 31.1 Å². The number of carbonyl (C=O) groups excluding carboxylic acids is 3. The Balaban J connectivity index is 4.08. The van der Waals surface area contributed by atoms with Gasteiger partial charge >= 0.3 is 17.9 Å². The fourth-order valence-corrected chi connectivity index (χ4v) is 9.96. The maximum absolute atomic E-state index is 12.8. The van der Waals surface area contributed by atoms with E-state index in [1.807, 2.05) is 0 Å². The second kappa shape index (κ2) is 65.6. The summed E-state index contributed by atoms with van der Waals surface area (Å²) in [4.78, 5) is 38.2. The van der Waals surface area contributed by atoms with Crippen LogP contribution in [0.25, 0.3) is 0 Å². The van der Waals surface area contributed by atoms with Crippen molar-refractivity contribution < 1.29 is 28.6 Å². The number of ether oxygens (including phenoxy) is 3. The zero-order chi connectivity index (χ0) is 55.7. The molecule has 0 fully saturated rings. The summed E-state index contributed by atoms with van der Waals surface area (Å²) in [6.07, 6.45) is 84.1. The van der Waals surface area contributed by atoms with Gasteiger partial charge in [-0.2, -0.15) is 0 Å². The normalized spacial score (nSPS) is 12.4. The van der Waals surface area contributed by atoms with Gasteiger partial charge in [0.2, 0.25) is 0 Å². The van der Waals surface area contributed by atoms with Gasteiger partial charge in [0.15, 0.2) is 6.10 Å². The highest BCUT2D eigenvalue weighted by Crippen LogP contribution is 2.18. The molecule has 0 aromatic rings. The first-order chi connectivity index (χ1) is 38.0. The number of rotatable bonds is 62. The summed E-state index contributed by atoms with van der Waals surface area (Å²) in [7, 11) is 0. The third kappa shape index (κ3) is 63.8. The third-order valence-electron chi connectivity index (χ3n) is 15.0. The van der Waals surface area contributed by atoms with Crippen molar-refractivity contribution in [2.24, 2.45) is 0 Å². The van der Waals surface area contributed by atoms with E-state index in [9.17, 15) is 14.4 Å². The van der Waals surface area contributed by atoms with Crippen molar-refractivity contribution in [3.63, 3.8) is 0 Å². The molecule has 448 valence electrons. The van der Waals surface area contributed by atoms with Crippen molar-refractivity contribution in [3.05, 3.63) is 60.8 Å². The van der Waals surface area contributed by atoms with Gasteiger partial charge in [-0.1, -0.05) is 313 Å². The van der Waals surface area contributed by atoms with Crippen molar-refractivity contribution in [1.82, 2.24) is 0 Å². The number of unbranched alkanes of at least 4 members (excludes halogenated alkanes) is 41. The van der Waals surface area contributed by atoms with Gasteiger partial charge in [0.25, 0.3) is 0 Å². The largest absolute Gasteiger partial charge is 0.462 e. The van der Waals surface area contributed by atoms with E-state index in [2.05, 4.69) is 81.5 Å². The Labute approximate surface area is 479 Å². The first-order valence-electron chi connectivity index (χ1n) is 33.8. The van der Waals surface area contributed by atoms with Crippen LogP contribution in [0.3, 0.4) is 0 Å². The van der Waals surface area contributed by atoms with Gasteiger partial charge in [0, 0.05) is 19.3 Å². The Bertz CT molecular complexity index is 1380. The van der Waals surface area contributed by atoms with E-state index < -0.39 is 6.10 Å². The lowest BCUT2D eigenvalue weighted by molar-refractivity contribution is -0.167. The van der Waals surface area contributed by atoms with Crippen molar-refractivity contribution in [2.75, 3.05) is 13.2 Å². The smallest absolute Gasteiger partial charge is 0.306 e. The Morgan fingerprint density at radius 3 is 0.805 bits per heavy atom. The van der Waals surface area contributed by atoms with Crippen LogP contribution in [0.4, 0.5) is 0 Å². The summed E-state index contributed by atoms with van der Waals surface area (Å²) < 4.78 is 16.9. The molecule has 0 bridgehead atoms. The molecule has 6 nitrogen and oxygen atoms in total. The van der Waals surface area contributed by atoms with Crippen molar-refractivity contribution in [3.8, 4) is 0 Å². The molecule has 0 aromatic heterocycles. The molecule has 0 N–H and O–H groups in total. The zero-order valence-electron chi connectivity index (χ0n) is 51.5. The van der Waals surface area contributed by atoms with E-state index in [4.69, 9.17) is 14.2 Å². The Kier molecular flexibility index (Phi) is 63.2. The molecule has 1 unspecified atom stereocenters. The molecule has 0 saturated heterocycles. The predicted molar refractivity (Wildman–Crippen MR) is 335 cm³/mol. The second-order valence-corrected chi connectivity index (χ2v) is 22.7. The molecule has 0 heterocycles. The number of allylic oxidation sites excluding steroid dienone is 10. The molecule has 0 rings (SSSR count).